The number of nitrogens with one attached hydrogen (secondary N) is 2. The first-order valence-electron chi connectivity index (χ1n) is 10.9. The maximum Gasteiger partial charge on any atom is 0.418 e. The van der Waals surface area contributed by atoms with Crippen LogP contribution in [0, 0.1) is 12.7 Å². The lowest BCUT2D eigenvalue weighted by molar-refractivity contribution is -0.137. The smallest absolute Gasteiger partial charge is 0.395 e. The number of rotatable bonds is 6. The zero-order valence-electron chi connectivity index (χ0n) is 19.1. The van der Waals surface area contributed by atoms with Gasteiger partial charge in [0.2, 0.25) is 0 Å². The Morgan fingerprint density at radius 1 is 1.17 bits per heavy atom. The summed E-state index contributed by atoms with van der Waals surface area (Å²) in [5.41, 5.74) is -1.50. The number of hydrogen-bond acceptors (Lipinski definition) is 7. The Labute approximate surface area is 205 Å². The van der Waals surface area contributed by atoms with Gasteiger partial charge in [-0.1, -0.05) is 12.1 Å². The van der Waals surface area contributed by atoms with Gasteiger partial charge in [0.1, 0.15) is 17.5 Å². The normalized spacial score (nSPS) is 16.7. The molecule has 0 radical (unpaired) electrons. The van der Waals surface area contributed by atoms with Crippen molar-refractivity contribution in [1.29, 1.82) is 0 Å². The summed E-state index contributed by atoms with van der Waals surface area (Å²) in [4.78, 5) is 9.93. The zero-order valence-corrected chi connectivity index (χ0v) is 19.9. The number of alkyl halides is 3. The molecule has 3 heterocycles. The van der Waals surface area contributed by atoms with Crippen molar-refractivity contribution in [3.05, 3.63) is 65.5 Å². The van der Waals surface area contributed by atoms with Crippen molar-refractivity contribution in [2.24, 2.45) is 0 Å². The van der Waals surface area contributed by atoms with Gasteiger partial charge in [0.05, 0.1) is 17.9 Å². The molecule has 0 spiro atoms. The SMILES string of the molecule is Cc1ccc(F)cc1-c1nc(NS(=O)(=O)c2cccc(N3CCN[C@@H](CO)C3)n2)ccc1C(F)(F)F. The number of anilines is 2. The highest BCUT2D eigenvalue weighted by Gasteiger charge is 2.35. The van der Waals surface area contributed by atoms with Crippen molar-refractivity contribution < 1.29 is 31.1 Å². The molecule has 2 aromatic heterocycles. The molecule has 1 saturated heterocycles. The second-order valence-electron chi connectivity index (χ2n) is 8.27. The zero-order chi connectivity index (χ0) is 26.1. The first-order chi connectivity index (χ1) is 17.0. The van der Waals surface area contributed by atoms with Gasteiger partial charge >= 0.3 is 6.18 Å². The van der Waals surface area contributed by atoms with Gasteiger partial charge in [-0.25, -0.2) is 14.4 Å². The lowest BCUT2D eigenvalue weighted by Gasteiger charge is -2.33. The Kier molecular flexibility index (Phi) is 7.16. The number of pyridine rings is 2. The van der Waals surface area contributed by atoms with Crippen molar-refractivity contribution in [3.8, 4) is 11.3 Å². The quantitative estimate of drug-likeness (QED) is 0.425. The van der Waals surface area contributed by atoms with E-state index in [1.165, 1.54) is 25.1 Å². The third kappa shape index (κ3) is 5.58. The molecule has 36 heavy (non-hydrogen) atoms. The minimum Gasteiger partial charge on any atom is -0.395 e. The van der Waals surface area contributed by atoms with Crippen molar-refractivity contribution in [2.75, 3.05) is 35.9 Å². The third-order valence-corrected chi connectivity index (χ3v) is 6.93. The highest BCUT2D eigenvalue weighted by Crippen LogP contribution is 2.38. The van der Waals surface area contributed by atoms with E-state index in [0.717, 1.165) is 18.2 Å². The average molecular weight is 526 g/mol. The Bertz CT molecular complexity index is 1370. The van der Waals surface area contributed by atoms with Crippen LogP contribution in [0.25, 0.3) is 11.3 Å². The van der Waals surface area contributed by atoms with Crippen LogP contribution in [-0.4, -0.2) is 55.8 Å². The van der Waals surface area contributed by atoms with Gasteiger partial charge < -0.3 is 15.3 Å². The first kappa shape index (κ1) is 25.8. The van der Waals surface area contributed by atoms with Crippen LogP contribution in [0.2, 0.25) is 0 Å². The van der Waals surface area contributed by atoms with Crippen molar-refractivity contribution in [3.63, 3.8) is 0 Å². The van der Waals surface area contributed by atoms with Crippen LogP contribution in [0.3, 0.4) is 0 Å². The monoisotopic (exact) mass is 525 g/mol. The van der Waals surface area contributed by atoms with Gasteiger partial charge in [-0.15, -0.1) is 0 Å². The minimum atomic E-state index is -4.80. The number of aryl methyl sites for hydroxylation is 1. The molecule has 3 aromatic rings. The summed E-state index contributed by atoms with van der Waals surface area (Å²) in [6.45, 7) is 2.93. The van der Waals surface area contributed by atoms with Gasteiger partial charge in [-0.2, -0.15) is 21.6 Å². The summed E-state index contributed by atoms with van der Waals surface area (Å²) in [6, 6.07) is 9.11. The van der Waals surface area contributed by atoms with E-state index in [9.17, 15) is 31.1 Å². The molecule has 0 saturated carbocycles. The molecule has 4 rings (SSSR count). The predicted octanol–water partition coefficient (Wildman–Crippen LogP) is 3.18. The molecule has 0 bridgehead atoms. The van der Waals surface area contributed by atoms with Crippen molar-refractivity contribution in [2.45, 2.75) is 24.2 Å². The van der Waals surface area contributed by atoms with E-state index in [1.807, 2.05) is 4.90 Å². The number of halogens is 4. The van der Waals surface area contributed by atoms with Crippen LogP contribution in [0.15, 0.2) is 53.6 Å². The molecule has 1 aliphatic heterocycles. The van der Waals surface area contributed by atoms with Gasteiger partial charge in [0.15, 0.2) is 5.03 Å². The van der Waals surface area contributed by atoms with E-state index in [2.05, 4.69) is 20.0 Å². The molecular formula is C23H23F4N5O3S. The van der Waals surface area contributed by atoms with Crippen LogP contribution in [-0.2, 0) is 16.2 Å². The van der Waals surface area contributed by atoms with Crippen LogP contribution in [0.5, 0.6) is 0 Å². The number of nitrogens with zero attached hydrogens (tertiary/aromatic N) is 3. The molecule has 3 N–H and O–H groups in total. The van der Waals surface area contributed by atoms with Crippen molar-refractivity contribution >= 4 is 21.7 Å². The van der Waals surface area contributed by atoms with E-state index >= 15 is 0 Å². The van der Waals surface area contributed by atoms with Gasteiger partial charge in [0.25, 0.3) is 10.0 Å². The second-order valence-corrected chi connectivity index (χ2v) is 9.90. The molecule has 0 amide bonds. The molecular weight excluding hydrogens is 502 g/mol. The molecule has 192 valence electrons. The Hall–Kier alpha value is -3.29. The third-order valence-electron chi connectivity index (χ3n) is 5.68. The molecule has 1 fully saturated rings. The van der Waals surface area contributed by atoms with Crippen LogP contribution in [0.1, 0.15) is 11.1 Å². The number of benzene rings is 1. The fourth-order valence-corrected chi connectivity index (χ4v) is 4.84. The number of aliphatic hydroxyl groups is 1. The molecule has 13 heteroatoms. The van der Waals surface area contributed by atoms with Crippen LogP contribution < -0.4 is 14.9 Å². The molecule has 1 atom stereocenters. The maximum absolute atomic E-state index is 13.8. The largest absolute Gasteiger partial charge is 0.418 e. The van der Waals surface area contributed by atoms with Crippen LogP contribution in [0.4, 0.5) is 29.2 Å². The Morgan fingerprint density at radius 3 is 2.67 bits per heavy atom. The van der Waals surface area contributed by atoms with E-state index in [0.29, 0.717) is 37.1 Å². The Balaban J connectivity index is 1.68. The summed E-state index contributed by atoms with van der Waals surface area (Å²) < 4.78 is 83.1. The average Bonchev–Trinajstić information content (AvgIpc) is 2.84. The number of hydrogen-bond donors (Lipinski definition) is 3. The number of sulfonamides is 1. The summed E-state index contributed by atoms with van der Waals surface area (Å²) >= 11 is 0. The number of aliphatic hydroxyl groups excluding tert-OH is 1. The molecule has 1 aliphatic rings. The second kappa shape index (κ2) is 9.99. The van der Waals surface area contributed by atoms with E-state index in [4.69, 9.17) is 0 Å². The summed E-state index contributed by atoms with van der Waals surface area (Å²) in [5.74, 6) is -0.764. The van der Waals surface area contributed by atoms with Crippen LogP contribution >= 0.6 is 0 Å². The lowest BCUT2D eigenvalue weighted by atomic mass is 10.0. The molecule has 0 aliphatic carbocycles. The number of aromatic nitrogens is 2. The Morgan fingerprint density at radius 2 is 1.94 bits per heavy atom. The molecule has 1 aromatic carbocycles. The van der Waals surface area contributed by atoms with Gasteiger partial charge in [0, 0.05) is 31.2 Å². The van der Waals surface area contributed by atoms with E-state index < -0.39 is 33.3 Å². The first-order valence-corrected chi connectivity index (χ1v) is 12.4. The fourth-order valence-electron chi connectivity index (χ4n) is 3.87. The standard InChI is InChI=1S/C23H23F4N5O3S/c1-14-5-6-15(24)11-17(14)22-18(23(25,26)27)7-8-19(29-22)31-36(34,35)21-4-2-3-20(30-21)32-10-9-28-16(12-32)13-33/h2-8,11,16,28,33H,9-10,12-13H2,1H3,(H,29,31)/t16-/m1/s1. The highest BCUT2D eigenvalue weighted by molar-refractivity contribution is 7.92. The minimum absolute atomic E-state index is 0.0945. The summed E-state index contributed by atoms with van der Waals surface area (Å²) in [7, 11) is -4.33. The maximum atomic E-state index is 13.8. The predicted molar refractivity (Wildman–Crippen MR) is 126 cm³/mol. The summed E-state index contributed by atoms with van der Waals surface area (Å²) in [6.07, 6.45) is -4.80. The molecule has 8 nitrogen and oxygen atoms in total. The lowest BCUT2D eigenvalue weighted by Crippen LogP contribution is -2.52. The van der Waals surface area contributed by atoms with Gasteiger partial charge in [-0.3, -0.25) is 4.72 Å². The topological polar surface area (TPSA) is 107 Å². The van der Waals surface area contributed by atoms with Gasteiger partial charge in [-0.05, 0) is 48.9 Å². The number of piperazine rings is 1. The summed E-state index contributed by atoms with van der Waals surface area (Å²) in [5, 5.41) is 12.2. The van der Waals surface area contributed by atoms with E-state index in [1.54, 1.807) is 6.07 Å². The van der Waals surface area contributed by atoms with Crippen molar-refractivity contribution in [1.82, 2.24) is 15.3 Å². The fraction of sp³-hybridized carbons (Fsp3) is 0.304. The van der Waals surface area contributed by atoms with E-state index in [-0.39, 0.29) is 29.1 Å². The highest BCUT2D eigenvalue weighted by atomic mass is 32.2. The molecule has 0 unspecified atom stereocenters.